The Balaban J connectivity index is 1.25. The number of nitrogens with zero attached hydrogens (tertiary/aromatic N) is 2. The van der Waals surface area contributed by atoms with Gasteiger partial charge in [0.1, 0.15) is 15.8 Å². The zero-order valence-electron chi connectivity index (χ0n) is 19.1. The van der Waals surface area contributed by atoms with Gasteiger partial charge in [-0.1, -0.05) is 17.4 Å². The van der Waals surface area contributed by atoms with Crippen LogP contribution in [0.1, 0.15) is 34.3 Å². The number of imide groups is 1. The maximum absolute atomic E-state index is 13.2. The van der Waals surface area contributed by atoms with Crippen molar-refractivity contribution < 1.29 is 27.2 Å². The second-order valence-electron chi connectivity index (χ2n) is 8.97. The molecule has 0 bridgehead atoms. The van der Waals surface area contributed by atoms with E-state index in [0.717, 1.165) is 29.3 Å². The minimum absolute atomic E-state index is 0.0586. The van der Waals surface area contributed by atoms with Crippen molar-refractivity contribution in [1.82, 2.24) is 4.98 Å². The summed E-state index contributed by atoms with van der Waals surface area (Å²) in [5.41, 5.74) is 2.41. The molecule has 1 aliphatic heterocycles. The third-order valence-electron chi connectivity index (χ3n) is 6.07. The van der Waals surface area contributed by atoms with Gasteiger partial charge in [-0.3, -0.25) is 14.4 Å². The van der Waals surface area contributed by atoms with Crippen LogP contribution in [0.5, 0.6) is 0 Å². The van der Waals surface area contributed by atoms with Gasteiger partial charge in [-0.05, 0) is 66.3 Å². The molecule has 1 fully saturated rings. The van der Waals surface area contributed by atoms with Crippen molar-refractivity contribution in [3.8, 4) is 0 Å². The molecule has 3 heterocycles. The number of pyridine rings is 1. The van der Waals surface area contributed by atoms with E-state index in [4.69, 9.17) is 0 Å². The minimum atomic E-state index is -3.93. The number of carbonyl (C=O) groups is 3. The van der Waals surface area contributed by atoms with Crippen molar-refractivity contribution >= 4 is 50.3 Å². The van der Waals surface area contributed by atoms with Crippen LogP contribution in [-0.2, 0) is 32.3 Å². The van der Waals surface area contributed by atoms with Crippen LogP contribution in [0.25, 0.3) is 0 Å². The Labute approximate surface area is 211 Å². The molecule has 11 heteroatoms. The second-order valence-corrected chi connectivity index (χ2v) is 12.2. The summed E-state index contributed by atoms with van der Waals surface area (Å²) in [5.74, 6) is -1.39. The summed E-state index contributed by atoms with van der Waals surface area (Å²) in [5, 5.41) is 2.70. The number of anilines is 2. The van der Waals surface area contributed by atoms with E-state index in [9.17, 15) is 27.2 Å². The first kappa shape index (κ1) is 24.3. The number of carbonyl (C=O) groups excluding carboxylic acids is 3. The topological polar surface area (TPSA) is 114 Å². The first-order chi connectivity index (χ1) is 17.2. The average Bonchev–Trinajstić information content (AvgIpc) is 3.55. The Hall–Kier alpha value is -3.44. The number of halogens is 1. The van der Waals surface area contributed by atoms with Crippen molar-refractivity contribution in [1.29, 1.82) is 0 Å². The molecule has 36 heavy (non-hydrogen) atoms. The van der Waals surface area contributed by atoms with E-state index in [1.807, 2.05) is 12.1 Å². The average molecular weight is 528 g/mol. The zero-order chi connectivity index (χ0) is 25.4. The fourth-order valence-corrected chi connectivity index (χ4v) is 6.36. The summed E-state index contributed by atoms with van der Waals surface area (Å²) in [6, 6.07) is 10.5. The largest absolute Gasteiger partial charge is 0.385 e. The summed E-state index contributed by atoms with van der Waals surface area (Å²) in [4.78, 5) is 43.4. The maximum atomic E-state index is 13.2. The molecule has 3 aromatic rings. The predicted octanol–water partition coefficient (Wildman–Crippen LogP) is 3.42. The third-order valence-corrected chi connectivity index (χ3v) is 9.20. The van der Waals surface area contributed by atoms with Crippen LogP contribution in [0.2, 0.25) is 0 Å². The molecule has 1 N–H and O–H groups in total. The van der Waals surface area contributed by atoms with E-state index in [-0.39, 0.29) is 22.9 Å². The van der Waals surface area contributed by atoms with E-state index < -0.39 is 38.3 Å². The summed E-state index contributed by atoms with van der Waals surface area (Å²) < 4.78 is 37.5. The SMILES string of the molecule is O=C(Cc1ccc(N2C(=O)Cc3cc(NCC4CC4)ccc3C2=O)nc1)CS(=O)(=O)c1ccc(F)s1. The van der Waals surface area contributed by atoms with Gasteiger partial charge in [-0.2, -0.15) is 4.39 Å². The highest BCUT2D eigenvalue weighted by Gasteiger charge is 2.33. The van der Waals surface area contributed by atoms with Gasteiger partial charge in [0.05, 0.1) is 6.42 Å². The number of benzene rings is 1. The highest BCUT2D eigenvalue weighted by atomic mass is 32.2. The fourth-order valence-electron chi connectivity index (χ4n) is 4.03. The maximum Gasteiger partial charge on any atom is 0.266 e. The number of Topliss-reactive ketones (excluding diaryl/α,β-unsaturated/α-hetero) is 1. The molecule has 2 aromatic heterocycles. The van der Waals surface area contributed by atoms with Crippen molar-refractivity contribution in [2.45, 2.75) is 29.9 Å². The number of aromatic nitrogens is 1. The molecule has 8 nitrogen and oxygen atoms in total. The molecule has 0 spiro atoms. The van der Waals surface area contributed by atoms with Gasteiger partial charge >= 0.3 is 0 Å². The summed E-state index contributed by atoms with van der Waals surface area (Å²) in [6.07, 6.45) is 3.63. The van der Waals surface area contributed by atoms with Gasteiger partial charge in [0, 0.05) is 30.4 Å². The van der Waals surface area contributed by atoms with E-state index in [0.29, 0.717) is 33.9 Å². The predicted molar refractivity (Wildman–Crippen MR) is 132 cm³/mol. The summed E-state index contributed by atoms with van der Waals surface area (Å²) in [6.45, 7) is 0.879. The lowest BCUT2D eigenvalue weighted by Gasteiger charge is -2.26. The van der Waals surface area contributed by atoms with Crippen LogP contribution in [0.4, 0.5) is 15.9 Å². The molecule has 2 aliphatic rings. The molecular weight excluding hydrogens is 505 g/mol. The second kappa shape index (κ2) is 9.55. The van der Waals surface area contributed by atoms with Crippen molar-refractivity contribution in [3.05, 3.63) is 70.5 Å². The standard InChI is InChI=1S/C25H22FN3O5S2/c26-21-6-8-24(35-21)36(33,34)14-19(30)9-16-3-7-22(28-13-16)29-23(31)11-17-10-18(27-12-15-1-2-15)4-5-20(17)25(29)32/h3-8,10,13,15,27H,1-2,9,11-12,14H2. The minimum Gasteiger partial charge on any atom is -0.385 e. The van der Waals surface area contributed by atoms with Crippen LogP contribution in [0.15, 0.2) is 52.9 Å². The number of hydrogen-bond donors (Lipinski definition) is 1. The Morgan fingerprint density at radius 1 is 1.14 bits per heavy atom. The smallest absolute Gasteiger partial charge is 0.266 e. The number of thiophene rings is 1. The van der Waals surface area contributed by atoms with E-state index in [1.165, 1.54) is 31.2 Å². The molecule has 0 saturated heterocycles. The number of hydrogen-bond acceptors (Lipinski definition) is 8. The lowest BCUT2D eigenvalue weighted by Crippen LogP contribution is -2.43. The number of fused-ring (bicyclic) bond motifs is 1. The van der Waals surface area contributed by atoms with Gasteiger partial charge in [0.2, 0.25) is 5.91 Å². The number of ketones is 1. The fraction of sp³-hybridized carbons (Fsp3) is 0.280. The van der Waals surface area contributed by atoms with Crippen LogP contribution < -0.4 is 10.2 Å². The van der Waals surface area contributed by atoms with E-state index >= 15 is 0 Å². The van der Waals surface area contributed by atoms with Gasteiger partial charge < -0.3 is 5.32 Å². The zero-order valence-corrected chi connectivity index (χ0v) is 20.7. The first-order valence-electron chi connectivity index (χ1n) is 11.4. The quantitative estimate of drug-likeness (QED) is 0.424. The molecule has 0 atom stereocenters. The molecule has 186 valence electrons. The monoisotopic (exact) mass is 527 g/mol. The molecule has 0 radical (unpaired) electrons. The molecule has 2 amide bonds. The first-order valence-corrected chi connectivity index (χ1v) is 13.9. The lowest BCUT2D eigenvalue weighted by molar-refractivity contribution is -0.118. The highest BCUT2D eigenvalue weighted by molar-refractivity contribution is 7.94. The molecule has 5 rings (SSSR count). The normalized spacial score (nSPS) is 15.6. The third kappa shape index (κ3) is 5.21. The van der Waals surface area contributed by atoms with Crippen molar-refractivity contribution in [3.63, 3.8) is 0 Å². The number of nitrogens with one attached hydrogen (secondary N) is 1. The number of amides is 2. The van der Waals surface area contributed by atoms with Crippen molar-refractivity contribution in [2.75, 3.05) is 22.5 Å². The van der Waals surface area contributed by atoms with Gasteiger partial charge in [0.15, 0.2) is 20.8 Å². The molecular formula is C25H22FN3O5S2. The van der Waals surface area contributed by atoms with Gasteiger partial charge in [-0.15, -0.1) is 0 Å². The Morgan fingerprint density at radius 3 is 2.61 bits per heavy atom. The Morgan fingerprint density at radius 2 is 1.94 bits per heavy atom. The lowest BCUT2D eigenvalue weighted by atomic mass is 9.97. The van der Waals surface area contributed by atoms with Crippen LogP contribution in [0, 0.1) is 11.0 Å². The molecule has 1 aromatic carbocycles. The highest BCUT2D eigenvalue weighted by Crippen LogP contribution is 2.30. The van der Waals surface area contributed by atoms with Crippen LogP contribution >= 0.6 is 11.3 Å². The van der Waals surface area contributed by atoms with E-state index in [1.54, 1.807) is 6.07 Å². The van der Waals surface area contributed by atoms with Crippen molar-refractivity contribution in [2.24, 2.45) is 5.92 Å². The molecule has 0 unspecified atom stereocenters. The summed E-state index contributed by atoms with van der Waals surface area (Å²) >= 11 is 0.471. The number of sulfone groups is 1. The van der Waals surface area contributed by atoms with Gasteiger partial charge in [0.25, 0.3) is 5.91 Å². The van der Waals surface area contributed by atoms with Crippen LogP contribution in [-0.4, -0.2) is 43.3 Å². The molecule has 1 aliphatic carbocycles. The number of rotatable bonds is 9. The Bertz CT molecular complexity index is 1460. The van der Waals surface area contributed by atoms with E-state index in [2.05, 4.69) is 10.3 Å². The van der Waals surface area contributed by atoms with Crippen LogP contribution in [0.3, 0.4) is 0 Å². The van der Waals surface area contributed by atoms with Gasteiger partial charge in [-0.25, -0.2) is 18.3 Å². The summed E-state index contributed by atoms with van der Waals surface area (Å²) in [7, 11) is -3.93. The molecule has 1 saturated carbocycles. The Kier molecular flexibility index (Phi) is 6.44.